The second-order valence-corrected chi connectivity index (χ2v) is 10.8. The van der Waals surface area contributed by atoms with E-state index < -0.39 is 30.4 Å². The van der Waals surface area contributed by atoms with Crippen molar-refractivity contribution in [2.45, 2.75) is 50.4 Å². The van der Waals surface area contributed by atoms with E-state index in [2.05, 4.69) is 11.6 Å². The van der Waals surface area contributed by atoms with Gasteiger partial charge in [0.2, 0.25) is 5.91 Å². The number of halogens is 5. The number of carbonyl (C=O) groups excluding carboxylic acids is 2. The molecule has 0 saturated heterocycles. The fourth-order valence-corrected chi connectivity index (χ4v) is 5.89. The predicted octanol–water partition coefficient (Wildman–Crippen LogP) is 4.66. The van der Waals surface area contributed by atoms with Crippen LogP contribution >= 0.6 is 0 Å². The lowest BCUT2D eigenvalue weighted by molar-refractivity contribution is -0.141. The van der Waals surface area contributed by atoms with Crippen LogP contribution in [0.25, 0.3) is 5.69 Å². The SMILES string of the molecule is C=CC(=O)N1CCc2nn(-c3ccc(C4CC4)cc3OC(F)F)c3c2[C@H](C1)N(C(=O)c1cnc(C(F)(F)F)cc1N)CC3. The van der Waals surface area contributed by atoms with E-state index in [4.69, 9.17) is 15.6 Å². The molecule has 1 aliphatic carbocycles. The number of ether oxygens (including phenoxy) is 1. The zero-order chi connectivity index (χ0) is 30.6. The summed E-state index contributed by atoms with van der Waals surface area (Å²) in [5, 5.41) is 4.77. The van der Waals surface area contributed by atoms with Crippen molar-refractivity contribution in [2.75, 3.05) is 25.4 Å². The third-order valence-corrected chi connectivity index (χ3v) is 8.09. The molecule has 1 atom stereocenters. The van der Waals surface area contributed by atoms with Crippen LogP contribution in [-0.2, 0) is 23.8 Å². The molecular formula is C29H27F5N6O3. The maximum atomic E-state index is 13.8. The lowest BCUT2D eigenvalue weighted by Gasteiger charge is -2.38. The summed E-state index contributed by atoms with van der Waals surface area (Å²) in [6.07, 6.45) is -0.283. The van der Waals surface area contributed by atoms with E-state index in [1.54, 1.807) is 16.8 Å². The van der Waals surface area contributed by atoms with Crippen LogP contribution in [0.2, 0.25) is 0 Å². The normalized spacial score (nSPS) is 18.3. The maximum absolute atomic E-state index is 13.8. The van der Waals surface area contributed by atoms with Crippen LogP contribution in [0.1, 0.15) is 63.4 Å². The Morgan fingerprint density at radius 3 is 2.56 bits per heavy atom. The first-order chi connectivity index (χ1) is 20.5. The van der Waals surface area contributed by atoms with Crippen molar-refractivity contribution in [3.63, 3.8) is 0 Å². The van der Waals surface area contributed by atoms with E-state index in [0.717, 1.165) is 30.7 Å². The van der Waals surface area contributed by atoms with Crippen molar-refractivity contribution in [2.24, 2.45) is 0 Å². The summed E-state index contributed by atoms with van der Waals surface area (Å²) in [6.45, 7) is 0.886. The number of anilines is 1. The predicted molar refractivity (Wildman–Crippen MR) is 144 cm³/mol. The van der Waals surface area contributed by atoms with Crippen molar-refractivity contribution >= 4 is 17.5 Å². The van der Waals surface area contributed by atoms with Gasteiger partial charge < -0.3 is 20.3 Å². The minimum Gasteiger partial charge on any atom is -0.433 e. The molecule has 14 heteroatoms. The number of nitrogens with two attached hydrogens (primary N) is 1. The highest BCUT2D eigenvalue weighted by atomic mass is 19.4. The van der Waals surface area contributed by atoms with Crippen LogP contribution in [-0.4, -0.2) is 62.6 Å². The molecule has 4 heterocycles. The second-order valence-electron chi connectivity index (χ2n) is 10.8. The molecule has 0 spiro atoms. The first-order valence-corrected chi connectivity index (χ1v) is 13.7. The first kappa shape index (κ1) is 28.6. The monoisotopic (exact) mass is 602 g/mol. The number of amides is 2. The lowest BCUT2D eigenvalue weighted by atomic mass is 9.94. The number of nitrogens with zero attached hydrogens (tertiary/aromatic N) is 5. The summed E-state index contributed by atoms with van der Waals surface area (Å²) in [5.74, 6) is -0.741. The standard InChI is InChI=1S/C29H27F5N6O3/c1-2-25(41)38-9-7-19-26-21(40(37-19)20-6-5-16(15-3-4-15)11-23(20)43-28(30)31)8-10-39(22(26)14-38)27(42)17-13-36-24(12-18(17)35)29(32,33)34/h2,5-6,11-13,15,22,28H,1,3-4,7-10,14H2,(H2,35,36)/t22-/m0/s1. The van der Waals surface area contributed by atoms with Crippen LogP contribution in [0.4, 0.5) is 27.6 Å². The van der Waals surface area contributed by atoms with Crippen LogP contribution in [0.3, 0.4) is 0 Å². The van der Waals surface area contributed by atoms with Crippen molar-refractivity contribution in [3.8, 4) is 11.4 Å². The molecule has 43 heavy (non-hydrogen) atoms. The van der Waals surface area contributed by atoms with Crippen molar-refractivity contribution in [1.29, 1.82) is 0 Å². The molecule has 0 bridgehead atoms. The summed E-state index contributed by atoms with van der Waals surface area (Å²) in [6, 6.07) is 5.04. The van der Waals surface area contributed by atoms with Crippen molar-refractivity contribution in [1.82, 2.24) is 24.6 Å². The van der Waals surface area contributed by atoms with Crippen molar-refractivity contribution in [3.05, 3.63) is 76.9 Å². The number of hydrogen-bond donors (Lipinski definition) is 1. The molecule has 3 aliphatic rings. The largest absolute Gasteiger partial charge is 0.433 e. The summed E-state index contributed by atoms with van der Waals surface area (Å²) < 4.78 is 72.9. The van der Waals surface area contributed by atoms with Gasteiger partial charge in [-0.05, 0) is 48.6 Å². The molecule has 1 aromatic carbocycles. The van der Waals surface area contributed by atoms with Crippen LogP contribution in [0, 0.1) is 0 Å². The van der Waals surface area contributed by atoms with Gasteiger partial charge in [-0.25, -0.2) is 4.68 Å². The average molecular weight is 603 g/mol. The summed E-state index contributed by atoms with van der Waals surface area (Å²) in [4.78, 5) is 32.8. The number of nitrogen functional groups attached to an aromatic ring is 1. The van der Waals surface area contributed by atoms with E-state index >= 15 is 0 Å². The molecule has 9 nitrogen and oxygen atoms in total. The third kappa shape index (κ3) is 5.30. The maximum Gasteiger partial charge on any atom is 0.433 e. The number of aromatic nitrogens is 3. The number of pyridine rings is 1. The molecule has 3 aromatic rings. The van der Waals surface area contributed by atoms with Gasteiger partial charge in [-0.15, -0.1) is 0 Å². The average Bonchev–Trinajstić information content (AvgIpc) is 3.77. The van der Waals surface area contributed by atoms with Crippen LogP contribution in [0.15, 0.2) is 43.1 Å². The number of rotatable bonds is 6. The third-order valence-electron chi connectivity index (χ3n) is 8.09. The smallest absolute Gasteiger partial charge is 0.433 e. The molecule has 2 aliphatic heterocycles. The Hall–Kier alpha value is -4.49. The molecule has 1 saturated carbocycles. The van der Waals surface area contributed by atoms with Crippen LogP contribution in [0.5, 0.6) is 5.75 Å². The van der Waals surface area contributed by atoms with Gasteiger partial charge in [-0.1, -0.05) is 12.6 Å². The Labute approximate surface area is 242 Å². The van der Waals surface area contributed by atoms with E-state index in [1.807, 2.05) is 6.07 Å². The minimum atomic E-state index is -4.74. The number of alkyl halides is 5. The number of benzene rings is 1. The highest BCUT2D eigenvalue weighted by Crippen LogP contribution is 2.44. The van der Waals surface area contributed by atoms with Gasteiger partial charge in [0.1, 0.15) is 11.4 Å². The molecule has 1 fully saturated rings. The second kappa shape index (κ2) is 10.7. The molecule has 2 aromatic heterocycles. The zero-order valence-electron chi connectivity index (χ0n) is 22.8. The van der Waals surface area contributed by atoms with Gasteiger partial charge in [-0.3, -0.25) is 14.6 Å². The fraction of sp³-hybridized carbons (Fsp3) is 0.379. The van der Waals surface area contributed by atoms with E-state index in [1.165, 1.54) is 9.80 Å². The van der Waals surface area contributed by atoms with Gasteiger partial charge in [0, 0.05) is 49.9 Å². The molecule has 0 unspecified atom stereocenters. The Balaban J connectivity index is 1.43. The Kier molecular flexibility index (Phi) is 7.09. The Morgan fingerprint density at radius 2 is 1.91 bits per heavy atom. The zero-order valence-corrected chi connectivity index (χ0v) is 22.8. The van der Waals surface area contributed by atoms with Gasteiger partial charge in [-0.2, -0.15) is 27.1 Å². The molecule has 0 radical (unpaired) electrons. The quantitative estimate of drug-likeness (QED) is 0.325. The number of carbonyl (C=O) groups is 2. The van der Waals surface area contributed by atoms with E-state index in [-0.39, 0.29) is 49.0 Å². The Bertz CT molecular complexity index is 1620. The topological polar surface area (TPSA) is 107 Å². The molecule has 6 rings (SSSR count). The van der Waals surface area contributed by atoms with Gasteiger partial charge in [0.25, 0.3) is 5.91 Å². The van der Waals surface area contributed by atoms with Gasteiger partial charge >= 0.3 is 12.8 Å². The summed E-state index contributed by atoms with van der Waals surface area (Å²) >= 11 is 0. The van der Waals surface area contributed by atoms with Crippen LogP contribution < -0.4 is 10.5 Å². The molecule has 2 amide bonds. The summed E-state index contributed by atoms with van der Waals surface area (Å²) in [5.41, 5.74) is 7.17. The highest BCUT2D eigenvalue weighted by molar-refractivity contribution is 5.99. The first-order valence-electron chi connectivity index (χ1n) is 13.7. The van der Waals surface area contributed by atoms with Gasteiger partial charge in [0.15, 0.2) is 5.75 Å². The minimum absolute atomic E-state index is 0.0181. The van der Waals surface area contributed by atoms with Gasteiger partial charge in [0.05, 0.1) is 23.0 Å². The molecule has 226 valence electrons. The Morgan fingerprint density at radius 1 is 1.14 bits per heavy atom. The molecular weight excluding hydrogens is 575 g/mol. The summed E-state index contributed by atoms with van der Waals surface area (Å²) in [7, 11) is 0. The van der Waals surface area contributed by atoms with E-state index in [9.17, 15) is 31.5 Å². The van der Waals surface area contributed by atoms with Crippen molar-refractivity contribution < 1.29 is 36.3 Å². The number of hydrogen-bond acceptors (Lipinski definition) is 6. The van der Waals surface area contributed by atoms with E-state index in [0.29, 0.717) is 41.0 Å². The highest BCUT2D eigenvalue weighted by Gasteiger charge is 2.41. The molecule has 2 N–H and O–H groups in total. The lowest BCUT2D eigenvalue weighted by Crippen LogP contribution is -2.46. The fourth-order valence-electron chi connectivity index (χ4n) is 5.89.